The lowest BCUT2D eigenvalue weighted by molar-refractivity contribution is 0.0600. The molecule has 5 rings (SSSR count). The van der Waals surface area contributed by atoms with Gasteiger partial charge in [0.2, 0.25) is 0 Å². The van der Waals surface area contributed by atoms with Crippen LogP contribution >= 0.6 is 0 Å². The number of nitrogens with zero attached hydrogens (tertiary/aromatic N) is 2. The van der Waals surface area contributed by atoms with E-state index >= 15 is 0 Å². The summed E-state index contributed by atoms with van der Waals surface area (Å²) in [5, 5.41) is 3.55. The average Bonchev–Trinajstić information content (AvgIpc) is 2.94. The monoisotopic (exact) mass is 479 g/mol. The Labute approximate surface area is 211 Å². The number of nitrogens with one attached hydrogen (secondary N) is 1. The molecule has 182 valence electrons. The summed E-state index contributed by atoms with van der Waals surface area (Å²) in [5.74, 6) is 1.26. The average molecular weight is 480 g/mol. The number of carbonyl (C=O) groups is 1. The molecule has 0 radical (unpaired) electrons. The molecule has 0 bridgehead atoms. The van der Waals surface area contributed by atoms with Crippen LogP contribution in [0.15, 0.2) is 91.1 Å². The molecule has 0 fully saturated rings. The fraction of sp³-hybridized carbons (Fsp3) is 0.200. The van der Waals surface area contributed by atoms with E-state index in [0.29, 0.717) is 12.2 Å². The van der Waals surface area contributed by atoms with Crippen LogP contribution in [0.1, 0.15) is 34.5 Å². The van der Waals surface area contributed by atoms with E-state index in [4.69, 9.17) is 9.47 Å². The minimum absolute atomic E-state index is 0.0235. The van der Waals surface area contributed by atoms with Crippen molar-refractivity contribution < 1.29 is 14.3 Å². The Balaban J connectivity index is 1.35. The lowest BCUT2D eigenvalue weighted by atomic mass is 10.0. The lowest BCUT2D eigenvalue weighted by Crippen LogP contribution is -2.33. The van der Waals surface area contributed by atoms with Gasteiger partial charge in [0.1, 0.15) is 18.0 Å². The molecule has 0 saturated heterocycles. The Bertz CT molecular complexity index is 1320. The highest BCUT2D eigenvalue weighted by atomic mass is 16.5. The molecule has 3 aromatic carbocycles. The van der Waals surface area contributed by atoms with Crippen molar-refractivity contribution in [3.63, 3.8) is 0 Å². The number of anilines is 2. The molecule has 4 aromatic rings. The zero-order valence-electron chi connectivity index (χ0n) is 20.5. The first-order valence-corrected chi connectivity index (χ1v) is 12.1. The van der Waals surface area contributed by atoms with Gasteiger partial charge in [0.15, 0.2) is 5.82 Å². The standard InChI is InChI=1S/C30H29N3O3/c1-21(23-12-14-26(15-13-23)30(34)35-2)32-29-28-27(16-17-31-29)36-19-18-33(28)20-22-8-10-25(11-9-22)24-6-4-3-5-7-24/h3-17,21H,18-20H2,1-2H3,(H,31,32)/t21-/m0/s1. The number of fused-ring (bicyclic) bond motifs is 1. The molecule has 6 heteroatoms. The van der Waals surface area contributed by atoms with Crippen molar-refractivity contribution in [2.75, 3.05) is 30.5 Å². The maximum Gasteiger partial charge on any atom is 0.337 e. The molecule has 0 amide bonds. The molecule has 0 unspecified atom stereocenters. The van der Waals surface area contributed by atoms with E-state index < -0.39 is 0 Å². The number of carbonyl (C=O) groups excluding carboxylic acids is 1. The Hall–Kier alpha value is -4.32. The molecule has 0 aliphatic carbocycles. The van der Waals surface area contributed by atoms with Gasteiger partial charge in [-0.05, 0) is 41.3 Å². The zero-order valence-corrected chi connectivity index (χ0v) is 20.5. The molecular formula is C30H29N3O3. The van der Waals surface area contributed by atoms with Crippen molar-refractivity contribution in [1.82, 2.24) is 4.98 Å². The van der Waals surface area contributed by atoms with Crippen molar-refractivity contribution in [2.45, 2.75) is 19.5 Å². The summed E-state index contributed by atoms with van der Waals surface area (Å²) in [5.41, 5.74) is 6.18. The van der Waals surface area contributed by atoms with Crippen LogP contribution in [-0.2, 0) is 11.3 Å². The highest BCUT2D eigenvalue weighted by Crippen LogP contribution is 2.39. The van der Waals surface area contributed by atoms with Crippen molar-refractivity contribution in [2.24, 2.45) is 0 Å². The molecule has 1 aliphatic rings. The minimum atomic E-state index is -0.342. The van der Waals surface area contributed by atoms with Gasteiger partial charge in [-0.2, -0.15) is 0 Å². The van der Waals surface area contributed by atoms with Crippen LogP contribution in [0.5, 0.6) is 5.75 Å². The topological polar surface area (TPSA) is 63.7 Å². The van der Waals surface area contributed by atoms with Gasteiger partial charge < -0.3 is 19.7 Å². The SMILES string of the molecule is COC(=O)c1ccc([C@H](C)Nc2nccc3c2N(Cc2ccc(-c4ccccc4)cc2)CCO3)cc1. The molecule has 0 saturated carbocycles. The Morgan fingerprint density at radius 3 is 2.44 bits per heavy atom. The Morgan fingerprint density at radius 1 is 1.00 bits per heavy atom. The number of ether oxygens (including phenoxy) is 2. The molecule has 1 aromatic heterocycles. The summed E-state index contributed by atoms with van der Waals surface area (Å²) < 4.78 is 10.8. The predicted molar refractivity (Wildman–Crippen MR) is 142 cm³/mol. The first kappa shape index (κ1) is 23.4. The quantitative estimate of drug-likeness (QED) is 0.323. The van der Waals surface area contributed by atoms with E-state index in [1.807, 2.05) is 24.3 Å². The van der Waals surface area contributed by atoms with Crippen LogP contribution in [0, 0.1) is 0 Å². The van der Waals surface area contributed by atoms with Gasteiger partial charge in [-0.1, -0.05) is 66.7 Å². The van der Waals surface area contributed by atoms with Crippen molar-refractivity contribution in [3.05, 3.63) is 108 Å². The van der Waals surface area contributed by atoms with Crippen LogP contribution in [0.2, 0.25) is 0 Å². The van der Waals surface area contributed by atoms with Crippen LogP contribution in [-0.4, -0.2) is 31.2 Å². The summed E-state index contributed by atoms with van der Waals surface area (Å²) in [6, 6.07) is 28.4. The molecule has 1 N–H and O–H groups in total. The lowest BCUT2D eigenvalue weighted by Gasteiger charge is -2.33. The van der Waals surface area contributed by atoms with Gasteiger partial charge >= 0.3 is 5.97 Å². The van der Waals surface area contributed by atoms with E-state index in [0.717, 1.165) is 35.9 Å². The van der Waals surface area contributed by atoms with E-state index in [1.165, 1.54) is 23.8 Å². The fourth-order valence-electron chi connectivity index (χ4n) is 4.47. The van der Waals surface area contributed by atoms with Crippen molar-refractivity contribution in [1.29, 1.82) is 0 Å². The summed E-state index contributed by atoms with van der Waals surface area (Å²) in [4.78, 5) is 18.7. The second-order valence-corrected chi connectivity index (χ2v) is 8.82. The highest BCUT2D eigenvalue weighted by Gasteiger charge is 2.24. The highest BCUT2D eigenvalue weighted by molar-refractivity contribution is 5.89. The van der Waals surface area contributed by atoms with Crippen LogP contribution in [0.25, 0.3) is 11.1 Å². The van der Waals surface area contributed by atoms with Crippen molar-refractivity contribution >= 4 is 17.5 Å². The third-order valence-electron chi connectivity index (χ3n) is 6.44. The number of aromatic nitrogens is 1. The number of hydrogen-bond acceptors (Lipinski definition) is 6. The number of pyridine rings is 1. The minimum Gasteiger partial charge on any atom is -0.489 e. The third-order valence-corrected chi connectivity index (χ3v) is 6.44. The maximum absolute atomic E-state index is 11.8. The van der Waals surface area contributed by atoms with Gasteiger partial charge in [0.25, 0.3) is 0 Å². The van der Waals surface area contributed by atoms with E-state index in [1.54, 1.807) is 18.3 Å². The number of benzene rings is 3. The van der Waals surface area contributed by atoms with Gasteiger partial charge in [0.05, 0.1) is 25.3 Å². The summed E-state index contributed by atoms with van der Waals surface area (Å²) in [7, 11) is 1.39. The van der Waals surface area contributed by atoms with Gasteiger partial charge in [-0.25, -0.2) is 9.78 Å². The molecule has 2 heterocycles. The predicted octanol–water partition coefficient (Wildman–Crippen LogP) is 6.11. The maximum atomic E-state index is 11.8. The normalized spacial score (nSPS) is 13.3. The molecular weight excluding hydrogens is 450 g/mol. The molecule has 6 nitrogen and oxygen atoms in total. The number of hydrogen-bond donors (Lipinski definition) is 1. The molecule has 0 spiro atoms. The Morgan fingerprint density at radius 2 is 1.72 bits per heavy atom. The second-order valence-electron chi connectivity index (χ2n) is 8.82. The molecule has 36 heavy (non-hydrogen) atoms. The van der Waals surface area contributed by atoms with Gasteiger partial charge in [-0.3, -0.25) is 0 Å². The van der Waals surface area contributed by atoms with E-state index in [2.05, 4.69) is 70.7 Å². The summed E-state index contributed by atoms with van der Waals surface area (Å²) in [6.07, 6.45) is 1.77. The first-order valence-electron chi connectivity index (χ1n) is 12.1. The van der Waals surface area contributed by atoms with Crippen LogP contribution in [0.4, 0.5) is 11.5 Å². The number of methoxy groups -OCH3 is 1. The van der Waals surface area contributed by atoms with E-state index in [9.17, 15) is 4.79 Å². The number of esters is 1. The van der Waals surface area contributed by atoms with Crippen molar-refractivity contribution in [3.8, 4) is 16.9 Å². The Kier molecular flexibility index (Phi) is 6.85. The van der Waals surface area contributed by atoms with E-state index in [-0.39, 0.29) is 12.0 Å². The largest absolute Gasteiger partial charge is 0.489 e. The van der Waals surface area contributed by atoms with Gasteiger partial charge in [0, 0.05) is 18.8 Å². The van der Waals surface area contributed by atoms with Crippen LogP contribution < -0.4 is 15.0 Å². The van der Waals surface area contributed by atoms with Gasteiger partial charge in [-0.15, -0.1) is 0 Å². The van der Waals surface area contributed by atoms with Crippen LogP contribution in [0.3, 0.4) is 0 Å². The smallest absolute Gasteiger partial charge is 0.337 e. The zero-order chi connectivity index (χ0) is 24.9. The summed E-state index contributed by atoms with van der Waals surface area (Å²) >= 11 is 0. The third kappa shape index (κ3) is 5.03. The molecule has 1 atom stereocenters. The molecule has 1 aliphatic heterocycles. The summed E-state index contributed by atoms with van der Waals surface area (Å²) in [6.45, 7) is 4.23. The fourth-order valence-corrected chi connectivity index (χ4v) is 4.47. The first-order chi connectivity index (χ1) is 17.6. The second kappa shape index (κ2) is 10.5. The number of rotatable bonds is 7.